The minimum Gasteiger partial charge on any atom is -0.392 e. The molecule has 1 aliphatic carbocycles. The molecule has 1 fully saturated rings. The molecule has 0 aliphatic heterocycles. The van der Waals surface area contributed by atoms with Gasteiger partial charge in [0, 0.05) is 11.7 Å². The zero-order valence-electron chi connectivity index (χ0n) is 12.7. The number of fused-ring (bicyclic) bond motifs is 1. The maximum Gasteiger partial charge on any atom is 0.391 e. The van der Waals surface area contributed by atoms with Gasteiger partial charge in [0.05, 0.1) is 12.5 Å². The molecule has 0 atom stereocenters. The Morgan fingerprint density at radius 2 is 1.61 bits per heavy atom. The minimum absolute atomic E-state index is 0.0123. The standard InChI is InChI=1S/C18H20F3NO/c19-18(20,21)15-4-7-16(8-5-15)22-17-6-3-13-9-12(11-23)1-2-14(13)10-17/h1-3,6,9-10,15-16,22-23H,4-5,7-8,11H2/t15-,16+. The van der Waals surface area contributed by atoms with E-state index in [1.807, 2.05) is 36.4 Å². The average Bonchev–Trinajstić information content (AvgIpc) is 2.54. The molecule has 0 heterocycles. The molecule has 1 aliphatic rings. The van der Waals surface area contributed by atoms with Gasteiger partial charge in [0.15, 0.2) is 0 Å². The normalized spacial score (nSPS) is 22.3. The number of rotatable bonds is 3. The highest BCUT2D eigenvalue weighted by molar-refractivity contribution is 5.86. The van der Waals surface area contributed by atoms with Crippen molar-refractivity contribution in [1.82, 2.24) is 0 Å². The van der Waals surface area contributed by atoms with Crippen molar-refractivity contribution in [3.63, 3.8) is 0 Å². The average molecular weight is 323 g/mol. The fraction of sp³-hybridized carbons (Fsp3) is 0.444. The number of halogens is 3. The largest absolute Gasteiger partial charge is 0.392 e. The molecule has 0 spiro atoms. The number of hydrogen-bond donors (Lipinski definition) is 2. The zero-order valence-corrected chi connectivity index (χ0v) is 12.7. The quantitative estimate of drug-likeness (QED) is 0.845. The Kier molecular flexibility index (Phi) is 4.48. The molecule has 5 heteroatoms. The number of benzene rings is 2. The van der Waals surface area contributed by atoms with Crippen LogP contribution in [0.25, 0.3) is 10.8 Å². The minimum atomic E-state index is -4.06. The summed E-state index contributed by atoms with van der Waals surface area (Å²) < 4.78 is 38.1. The first-order valence-electron chi connectivity index (χ1n) is 7.92. The first-order chi connectivity index (χ1) is 11.0. The first-order valence-corrected chi connectivity index (χ1v) is 7.92. The van der Waals surface area contributed by atoms with Crippen LogP contribution in [0, 0.1) is 5.92 Å². The molecule has 0 saturated heterocycles. The summed E-state index contributed by atoms with van der Waals surface area (Å²) in [4.78, 5) is 0. The fourth-order valence-electron chi connectivity index (χ4n) is 3.28. The predicted octanol–water partition coefficient (Wildman–Crippen LogP) is 4.87. The van der Waals surface area contributed by atoms with Crippen molar-refractivity contribution in [3.05, 3.63) is 42.0 Å². The molecule has 0 bridgehead atoms. The van der Waals surface area contributed by atoms with E-state index >= 15 is 0 Å². The lowest BCUT2D eigenvalue weighted by molar-refractivity contribution is -0.182. The van der Waals surface area contributed by atoms with E-state index in [9.17, 15) is 13.2 Å². The molecule has 2 N–H and O–H groups in total. The van der Waals surface area contributed by atoms with Crippen molar-refractivity contribution in [3.8, 4) is 0 Å². The van der Waals surface area contributed by atoms with Crippen LogP contribution in [-0.4, -0.2) is 17.3 Å². The van der Waals surface area contributed by atoms with E-state index in [2.05, 4.69) is 5.32 Å². The van der Waals surface area contributed by atoms with Gasteiger partial charge in [-0.1, -0.05) is 18.2 Å². The highest BCUT2D eigenvalue weighted by Gasteiger charge is 2.41. The van der Waals surface area contributed by atoms with E-state index in [1.165, 1.54) is 0 Å². The van der Waals surface area contributed by atoms with Gasteiger partial charge in [0.2, 0.25) is 0 Å². The fourth-order valence-corrected chi connectivity index (χ4v) is 3.28. The molecule has 0 aromatic heterocycles. The predicted molar refractivity (Wildman–Crippen MR) is 85.3 cm³/mol. The number of hydrogen-bond acceptors (Lipinski definition) is 2. The van der Waals surface area contributed by atoms with Crippen LogP contribution < -0.4 is 5.32 Å². The van der Waals surface area contributed by atoms with Gasteiger partial charge in [-0.3, -0.25) is 0 Å². The number of anilines is 1. The SMILES string of the molecule is OCc1ccc2cc(N[C@H]3CC[C@@H](C(F)(F)F)CC3)ccc2c1. The van der Waals surface area contributed by atoms with Crippen LogP contribution in [0.3, 0.4) is 0 Å². The smallest absolute Gasteiger partial charge is 0.391 e. The lowest BCUT2D eigenvalue weighted by Gasteiger charge is -2.31. The number of nitrogens with one attached hydrogen (secondary N) is 1. The molecule has 2 nitrogen and oxygen atoms in total. The number of alkyl halides is 3. The van der Waals surface area contributed by atoms with Gasteiger partial charge >= 0.3 is 6.18 Å². The topological polar surface area (TPSA) is 32.3 Å². The molecule has 0 amide bonds. The van der Waals surface area contributed by atoms with E-state index in [4.69, 9.17) is 5.11 Å². The summed E-state index contributed by atoms with van der Waals surface area (Å²) in [5, 5.41) is 14.6. The van der Waals surface area contributed by atoms with Crippen molar-refractivity contribution in [2.24, 2.45) is 5.92 Å². The third-order valence-electron chi connectivity index (χ3n) is 4.65. The van der Waals surface area contributed by atoms with Crippen molar-refractivity contribution < 1.29 is 18.3 Å². The van der Waals surface area contributed by atoms with Crippen LogP contribution in [0.4, 0.5) is 18.9 Å². The summed E-state index contributed by atoms with van der Waals surface area (Å²) in [6.07, 6.45) is -2.56. The maximum absolute atomic E-state index is 12.7. The summed E-state index contributed by atoms with van der Waals surface area (Å²) >= 11 is 0. The Labute approximate surface area is 133 Å². The molecule has 0 unspecified atom stereocenters. The molecular weight excluding hydrogens is 303 g/mol. The third-order valence-corrected chi connectivity index (χ3v) is 4.65. The van der Waals surface area contributed by atoms with Crippen LogP contribution in [0.2, 0.25) is 0 Å². The van der Waals surface area contributed by atoms with E-state index in [1.54, 1.807) is 0 Å². The van der Waals surface area contributed by atoms with Gasteiger partial charge in [-0.15, -0.1) is 0 Å². The molecular formula is C18H20F3NO. The highest BCUT2D eigenvalue weighted by atomic mass is 19.4. The second kappa shape index (κ2) is 6.40. The molecule has 0 radical (unpaired) electrons. The Morgan fingerprint density at radius 3 is 2.26 bits per heavy atom. The van der Waals surface area contributed by atoms with Gasteiger partial charge in [-0.25, -0.2) is 0 Å². The zero-order chi connectivity index (χ0) is 16.4. The summed E-state index contributed by atoms with van der Waals surface area (Å²) in [7, 11) is 0. The third kappa shape index (κ3) is 3.78. The summed E-state index contributed by atoms with van der Waals surface area (Å²) in [6, 6.07) is 11.8. The molecule has 124 valence electrons. The Hall–Kier alpha value is -1.75. The van der Waals surface area contributed by atoms with Gasteiger partial charge in [-0.05, 0) is 60.2 Å². The Balaban J connectivity index is 1.66. The second-order valence-corrected chi connectivity index (χ2v) is 6.29. The van der Waals surface area contributed by atoms with Gasteiger partial charge in [-0.2, -0.15) is 13.2 Å². The summed E-state index contributed by atoms with van der Waals surface area (Å²) in [5.41, 5.74) is 1.80. The molecule has 1 saturated carbocycles. The molecule has 3 rings (SSSR count). The lowest BCUT2D eigenvalue weighted by atomic mass is 9.85. The van der Waals surface area contributed by atoms with E-state index in [0.717, 1.165) is 22.0 Å². The van der Waals surface area contributed by atoms with Gasteiger partial charge < -0.3 is 10.4 Å². The highest BCUT2D eigenvalue weighted by Crippen LogP contribution is 2.38. The number of aliphatic hydroxyl groups is 1. The van der Waals surface area contributed by atoms with E-state index < -0.39 is 12.1 Å². The van der Waals surface area contributed by atoms with Crippen molar-refractivity contribution in [2.75, 3.05) is 5.32 Å². The van der Waals surface area contributed by atoms with E-state index in [0.29, 0.717) is 12.8 Å². The van der Waals surface area contributed by atoms with Crippen molar-refractivity contribution in [2.45, 2.75) is 44.5 Å². The van der Waals surface area contributed by atoms with Crippen LogP contribution in [-0.2, 0) is 6.61 Å². The summed E-state index contributed by atoms with van der Waals surface area (Å²) in [5.74, 6) is -1.14. The lowest BCUT2D eigenvalue weighted by Crippen LogP contribution is -2.32. The Morgan fingerprint density at radius 1 is 0.957 bits per heavy atom. The maximum atomic E-state index is 12.7. The van der Waals surface area contributed by atoms with Gasteiger partial charge in [0.1, 0.15) is 0 Å². The van der Waals surface area contributed by atoms with Crippen molar-refractivity contribution >= 4 is 16.5 Å². The number of aliphatic hydroxyl groups excluding tert-OH is 1. The van der Waals surface area contributed by atoms with Crippen LogP contribution in [0.1, 0.15) is 31.2 Å². The first kappa shape index (κ1) is 16.1. The van der Waals surface area contributed by atoms with Crippen molar-refractivity contribution in [1.29, 1.82) is 0 Å². The van der Waals surface area contributed by atoms with Gasteiger partial charge in [0.25, 0.3) is 0 Å². The van der Waals surface area contributed by atoms with Crippen LogP contribution >= 0.6 is 0 Å². The molecule has 2 aromatic carbocycles. The molecule has 23 heavy (non-hydrogen) atoms. The molecule has 2 aromatic rings. The van der Waals surface area contributed by atoms with Crippen LogP contribution in [0.5, 0.6) is 0 Å². The second-order valence-electron chi connectivity index (χ2n) is 6.29. The van der Waals surface area contributed by atoms with Crippen LogP contribution in [0.15, 0.2) is 36.4 Å². The monoisotopic (exact) mass is 323 g/mol. The Bertz CT molecular complexity index is 676. The van der Waals surface area contributed by atoms with E-state index in [-0.39, 0.29) is 25.5 Å². The summed E-state index contributed by atoms with van der Waals surface area (Å²) in [6.45, 7) is 0.0123.